The zero-order chi connectivity index (χ0) is 17.8. The number of esters is 1. The van der Waals surface area contributed by atoms with E-state index in [9.17, 15) is 9.59 Å². The first-order chi connectivity index (χ1) is 12.1. The third-order valence-corrected chi connectivity index (χ3v) is 4.66. The number of carbonyl (C=O) groups is 2. The van der Waals surface area contributed by atoms with Crippen LogP contribution in [0.1, 0.15) is 10.4 Å². The molecule has 0 N–H and O–H groups in total. The molecule has 0 aliphatic rings. The average molecular weight is 356 g/mol. The van der Waals surface area contributed by atoms with E-state index in [0.717, 1.165) is 10.2 Å². The maximum absolute atomic E-state index is 12.4. The van der Waals surface area contributed by atoms with Crippen molar-refractivity contribution in [1.29, 1.82) is 0 Å². The van der Waals surface area contributed by atoms with Gasteiger partial charge in [-0.3, -0.25) is 9.59 Å². The fourth-order valence-corrected chi connectivity index (χ4v) is 3.40. The van der Waals surface area contributed by atoms with E-state index in [4.69, 9.17) is 9.47 Å². The molecule has 25 heavy (non-hydrogen) atoms. The molecule has 1 heterocycles. The van der Waals surface area contributed by atoms with Crippen LogP contribution in [0.5, 0.6) is 5.75 Å². The van der Waals surface area contributed by atoms with Gasteiger partial charge in [-0.2, -0.15) is 4.99 Å². The van der Waals surface area contributed by atoms with Crippen LogP contribution in [0.15, 0.2) is 53.5 Å². The highest BCUT2D eigenvalue weighted by atomic mass is 32.1. The fourth-order valence-electron chi connectivity index (χ4n) is 2.34. The quantitative estimate of drug-likeness (QED) is 0.674. The average Bonchev–Trinajstić information content (AvgIpc) is 2.98. The molecule has 6 nitrogen and oxygen atoms in total. The normalized spacial score (nSPS) is 11.5. The summed E-state index contributed by atoms with van der Waals surface area (Å²) in [6.45, 7) is -0.0241. The lowest BCUT2D eigenvalue weighted by Crippen LogP contribution is -2.22. The van der Waals surface area contributed by atoms with E-state index in [1.165, 1.54) is 18.4 Å². The van der Waals surface area contributed by atoms with Gasteiger partial charge in [-0.05, 0) is 30.3 Å². The number of rotatable bonds is 4. The van der Waals surface area contributed by atoms with Crippen LogP contribution in [-0.4, -0.2) is 30.7 Å². The maximum Gasteiger partial charge on any atom is 0.325 e. The van der Waals surface area contributed by atoms with E-state index in [2.05, 4.69) is 4.99 Å². The molecule has 0 saturated heterocycles. The van der Waals surface area contributed by atoms with E-state index >= 15 is 0 Å². The van der Waals surface area contributed by atoms with Crippen LogP contribution < -0.4 is 9.54 Å². The van der Waals surface area contributed by atoms with E-state index in [1.807, 2.05) is 18.2 Å². The molecule has 0 aliphatic heterocycles. The Hall–Kier alpha value is -2.93. The molecular formula is C18H16N2O4S. The van der Waals surface area contributed by atoms with Gasteiger partial charge in [0.15, 0.2) is 4.80 Å². The van der Waals surface area contributed by atoms with Crippen molar-refractivity contribution in [3.8, 4) is 5.75 Å². The Kier molecular flexibility index (Phi) is 4.95. The standard InChI is InChI=1S/C18H16N2O4S/c1-23-13-8-9-14-15(10-13)25-18(20(14)11-16(21)24-2)19-17(22)12-6-4-3-5-7-12/h3-10H,11H2,1-2H3. The summed E-state index contributed by atoms with van der Waals surface area (Å²) < 4.78 is 12.5. The summed E-state index contributed by atoms with van der Waals surface area (Å²) in [4.78, 5) is 28.8. The van der Waals surface area contributed by atoms with E-state index in [-0.39, 0.29) is 12.5 Å². The summed E-state index contributed by atoms with van der Waals surface area (Å²) >= 11 is 1.32. The Bertz CT molecular complexity index is 989. The van der Waals surface area contributed by atoms with Gasteiger partial charge < -0.3 is 14.0 Å². The topological polar surface area (TPSA) is 69.9 Å². The number of methoxy groups -OCH3 is 2. The predicted octanol–water partition coefficient (Wildman–Crippen LogP) is 2.63. The van der Waals surface area contributed by atoms with Crippen LogP contribution in [0.3, 0.4) is 0 Å². The highest BCUT2D eigenvalue weighted by Crippen LogP contribution is 2.23. The van der Waals surface area contributed by atoms with E-state index in [1.54, 1.807) is 42.0 Å². The van der Waals surface area contributed by atoms with Crippen LogP contribution in [0, 0.1) is 0 Å². The monoisotopic (exact) mass is 356 g/mol. The Labute approximate surface area is 148 Å². The van der Waals surface area contributed by atoms with Crippen molar-refractivity contribution >= 4 is 33.4 Å². The summed E-state index contributed by atoms with van der Waals surface area (Å²) in [5.41, 5.74) is 1.28. The van der Waals surface area contributed by atoms with Crippen LogP contribution >= 0.6 is 11.3 Å². The lowest BCUT2D eigenvalue weighted by molar-refractivity contribution is -0.141. The molecule has 1 amide bonds. The second-order valence-corrected chi connectivity index (χ2v) is 6.17. The third kappa shape index (κ3) is 3.61. The number of ether oxygens (including phenoxy) is 2. The molecule has 0 spiro atoms. The van der Waals surface area contributed by atoms with Crippen LogP contribution in [0.2, 0.25) is 0 Å². The SMILES string of the molecule is COC(=O)Cn1c(=NC(=O)c2ccccc2)sc2cc(OC)ccc21. The molecule has 0 radical (unpaired) electrons. The second kappa shape index (κ2) is 7.31. The van der Waals surface area contributed by atoms with Crippen molar-refractivity contribution in [2.75, 3.05) is 14.2 Å². The number of benzene rings is 2. The van der Waals surface area contributed by atoms with Gasteiger partial charge in [-0.15, -0.1) is 0 Å². The van der Waals surface area contributed by atoms with Crippen molar-refractivity contribution in [2.45, 2.75) is 6.54 Å². The molecule has 0 fully saturated rings. The lowest BCUT2D eigenvalue weighted by atomic mass is 10.2. The molecule has 3 aromatic rings. The summed E-state index contributed by atoms with van der Waals surface area (Å²) in [5.74, 6) is -0.0817. The second-order valence-electron chi connectivity index (χ2n) is 5.16. The van der Waals surface area contributed by atoms with Gasteiger partial charge in [0.05, 0.1) is 24.4 Å². The van der Waals surface area contributed by atoms with Crippen molar-refractivity contribution in [2.24, 2.45) is 4.99 Å². The minimum absolute atomic E-state index is 0.0241. The maximum atomic E-state index is 12.4. The van der Waals surface area contributed by atoms with Crippen molar-refractivity contribution in [3.63, 3.8) is 0 Å². The summed E-state index contributed by atoms with van der Waals surface area (Å²) in [6.07, 6.45) is 0. The number of fused-ring (bicyclic) bond motifs is 1. The van der Waals surface area contributed by atoms with E-state index in [0.29, 0.717) is 16.1 Å². The van der Waals surface area contributed by atoms with Gasteiger partial charge in [0.25, 0.3) is 5.91 Å². The fraction of sp³-hybridized carbons (Fsp3) is 0.167. The number of carbonyl (C=O) groups excluding carboxylic acids is 2. The number of thiazole rings is 1. The molecule has 0 unspecified atom stereocenters. The predicted molar refractivity (Wildman–Crippen MR) is 94.7 cm³/mol. The number of hydrogen-bond acceptors (Lipinski definition) is 5. The molecular weight excluding hydrogens is 340 g/mol. The van der Waals surface area contributed by atoms with Gasteiger partial charge in [0.1, 0.15) is 12.3 Å². The first-order valence-electron chi connectivity index (χ1n) is 7.50. The van der Waals surface area contributed by atoms with Crippen molar-refractivity contribution in [3.05, 3.63) is 58.9 Å². The largest absolute Gasteiger partial charge is 0.497 e. The Morgan fingerprint density at radius 3 is 2.56 bits per heavy atom. The first kappa shape index (κ1) is 16.9. The first-order valence-corrected chi connectivity index (χ1v) is 8.32. The molecule has 128 valence electrons. The molecule has 7 heteroatoms. The number of aromatic nitrogens is 1. The van der Waals surface area contributed by atoms with Gasteiger partial charge >= 0.3 is 5.97 Å². The van der Waals surface area contributed by atoms with Gasteiger partial charge in [0.2, 0.25) is 0 Å². The third-order valence-electron chi connectivity index (χ3n) is 3.62. The molecule has 0 bridgehead atoms. The summed E-state index contributed by atoms with van der Waals surface area (Å²) in [5, 5.41) is 0. The number of amides is 1. The molecule has 1 aromatic heterocycles. The Balaban J connectivity index is 2.15. The molecule has 0 atom stereocenters. The number of nitrogens with zero attached hydrogens (tertiary/aromatic N) is 2. The van der Waals surface area contributed by atoms with Crippen LogP contribution in [0.4, 0.5) is 0 Å². The molecule has 0 aliphatic carbocycles. The Morgan fingerprint density at radius 2 is 1.88 bits per heavy atom. The highest BCUT2D eigenvalue weighted by molar-refractivity contribution is 7.16. The lowest BCUT2D eigenvalue weighted by Gasteiger charge is -2.04. The van der Waals surface area contributed by atoms with Crippen molar-refractivity contribution in [1.82, 2.24) is 4.57 Å². The minimum atomic E-state index is -0.413. The van der Waals surface area contributed by atoms with Crippen LogP contribution in [0.25, 0.3) is 10.2 Å². The molecule has 2 aromatic carbocycles. The van der Waals surface area contributed by atoms with Crippen molar-refractivity contribution < 1.29 is 19.1 Å². The smallest absolute Gasteiger partial charge is 0.325 e. The highest BCUT2D eigenvalue weighted by Gasteiger charge is 2.13. The Morgan fingerprint density at radius 1 is 1.12 bits per heavy atom. The molecule has 3 rings (SSSR count). The zero-order valence-electron chi connectivity index (χ0n) is 13.8. The van der Waals surface area contributed by atoms with Gasteiger partial charge in [0, 0.05) is 5.56 Å². The van der Waals surface area contributed by atoms with Crippen LogP contribution in [-0.2, 0) is 16.1 Å². The zero-order valence-corrected chi connectivity index (χ0v) is 14.6. The van der Waals surface area contributed by atoms with E-state index < -0.39 is 5.97 Å². The minimum Gasteiger partial charge on any atom is -0.497 e. The number of hydrogen-bond donors (Lipinski definition) is 0. The summed E-state index contributed by atoms with van der Waals surface area (Å²) in [7, 11) is 2.91. The summed E-state index contributed by atoms with van der Waals surface area (Å²) in [6, 6.07) is 14.3. The molecule has 0 saturated carbocycles. The van der Waals surface area contributed by atoms with Gasteiger partial charge in [-0.25, -0.2) is 0 Å². The van der Waals surface area contributed by atoms with Gasteiger partial charge in [-0.1, -0.05) is 29.5 Å².